The van der Waals surface area contributed by atoms with Crippen molar-refractivity contribution in [2.24, 2.45) is 4.99 Å². The topological polar surface area (TPSA) is 54.8 Å². The zero-order valence-corrected chi connectivity index (χ0v) is 17.8. The average molecular weight is 414 g/mol. The summed E-state index contributed by atoms with van der Waals surface area (Å²) in [6.45, 7) is 5.36. The van der Waals surface area contributed by atoms with Gasteiger partial charge in [-0.05, 0) is 60.1 Å². The van der Waals surface area contributed by atoms with Crippen LogP contribution in [0.5, 0.6) is 0 Å². The molecule has 0 aliphatic carbocycles. The van der Waals surface area contributed by atoms with Crippen LogP contribution in [0.4, 0.5) is 5.69 Å². The highest BCUT2D eigenvalue weighted by Crippen LogP contribution is 2.33. The highest BCUT2D eigenvalue weighted by atomic mass is 16.5. The maximum Gasteiger partial charge on any atom is 0.152 e. The van der Waals surface area contributed by atoms with Gasteiger partial charge in [0.1, 0.15) is 0 Å². The van der Waals surface area contributed by atoms with Crippen molar-refractivity contribution in [3.8, 4) is 0 Å². The Morgan fingerprint density at radius 3 is 2.71 bits per heavy atom. The number of nitrogens with zero attached hydrogens (tertiary/aromatic N) is 3. The number of aldehydes is 1. The molecule has 2 aromatic carbocycles. The van der Waals surface area contributed by atoms with Gasteiger partial charge in [0.2, 0.25) is 0 Å². The molecule has 0 bridgehead atoms. The third kappa shape index (κ3) is 4.72. The third-order valence-corrected chi connectivity index (χ3v) is 5.84. The second-order valence-electron chi connectivity index (χ2n) is 7.86. The molecule has 1 fully saturated rings. The number of benzene rings is 2. The Morgan fingerprint density at radius 1 is 1.19 bits per heavy atom. The van der Waals surface area contributed by atoms with Gasteiger partial charge >= 0.3 is 0 Å². The molecule has 3 aromatic rings. The molecule has 0 saturated carbocycles. The van der Waals surface area contributed by atoms with Gasteiger partial charge in [-0.25, -0.2) is 4.99 Å². The Hall–Kier alpha value is -3.31. The van der Waals surface area contributed by atoms with Crippen LogP contribution in [-0.4, -0.2) is 48.8 Å². The molecule has 0 N–H and O–H groups in total. The summed E-state index contributed by atoms with van der Waals surface area (Å²) in [6.07, 6.45) is 8.97. The molecular weight excluding hydrogens is 386 g/mol. The van der Waals surface area contributed by atoms with Crippen molar-refractivity contribution in [2.75, 3.05) is 20.3 Å². The number of hydrogen-bond donors (Lipinski definition) is 0. The minimum absolute atomic E-state index is 0.411. The van der Waals surface area contributed by atoms with Gasteiger partial charge < -0.3 is 9.64 Å². The summed E-state index contributed by atoms with van der Waals surface area (Å²) in [5.41, 5.74) is 4.38. The second kappa shape index (κ2) is 9.67. The van der Waals surface area contributed by atoms with Crippen LogP contribution in [0.25, 0.3) is 16.8 Å². The standard InChI is InChI=1S/C26H27N3O2/c1-3-22-15-19(8-11-27-22)14-20-16-21(17-30)26(25-7-5-4-6-24(20)25)28-18-29(2)23-9-12-31-13-10-23/h3-8,11,15-18,23H,1,9-10,12-14H2,2H3. The van der Waals surface area contributed by atoms with Crippen LogP contribution >= 0.6 is 0 Å². The first-order valence-electron chi connectivity index (χ1n) is 10.6. The monoisotopic (exact) mass is 413 g/mol. The van der Waals surface area contributed by atoms with Gasteiger partial charge in [-0.1, -0.05) is 30.8 Å². The molecule has 5 heteroatoms. The predicted molar refractivity (Wildman–Crippen MR) is 126 cm³/mol. The van der Waals surface area contributed by atoms with E-state index in [2.05, 4.69) is 22.5 Å². The van der Waals surface area contributed by atoms with Gasteiger partial charge in [-0.15, -0.1) is 0 Å². The van der Waals surface area contributed by atoms with E-state index in [4.69, 9.17) is 9.73 Å². The van der Waals surface area contributed by atoms with Crippen LogP contribution in [0.3, 0.4) is 0 Å². The fourth-order valence-electron chi connectivity index (χ4n) is 4.11. The first kappa shape index (κ1) is 20.9. The van der Waals surface area contributed by atoms with Crippen LogP contribution in [0.1, 0.15) is 40.0 Å². The Labute approximate surface area is 183 Å². The fourth-order valence-corrected chi connectivity index (χ4v) is 4.11. The first-order valence-corrected chi connectivity index (χ1v) is 10.6. The summed E-state index contributed by atoms with van der Waals surface area (Å²) in [5, 5.41) is 2.09. The van der Waals surface area contributed by atoms with Gasteiger partial charge in [0, 0.05) is 43.4 Å². The number of carbonyl (C=O) groups is 1. The smallest absolute Gasteiger partial charge is 0.152 e. The maximum atomic E-state index is 12.0. The molecule has 0 spiro atoms. The molecular formula is C26H27N3O2. The largest absolute Gasteiger partial charge is 0.381 e. The van der Waals surface area contributed by atoms with Gasteiger partial charge in [0.15, 0.2) is 6.29 Å². The second-order valence-corrected chi connectivity index (χ2v) is 7.86. The lowest BCUT2D eigenvalue weighted by Crippen LogP contribution is -2.35. The Morgan fingerprint density at radius 2 is 1.97 bits per heavy atom. The van der Waals surface area contributed by atoms with Crippen LogP contribution in [-0.2, 0) is 11.2 Å². The summed E-state index contributed by atoms with van der Waals surface area (Å²) in [6, 6.07) is 14.5. The lowest BCUT2D eigenvalue weighted by molar-refractivity contribution is 0.0616. The number of aliphatic imine (C=N–C) groups is 1. The van der Waals surface area contributed by atoms with Crippen LogP contribution in [0, 0.1) is 0 Å². The summed E-state index contributed by atoms with van der Waals surface area (Å²) < 4.78 is 5.46. The normalized spacial score (nSPS) is 14.7. The molecule has 31 heavy (non-hydrogen) atoms. The van der Waals surface area contributed by atoms with Crippen molar-refractivity contribution in [1.82, 2.24) is 9.88 Å². The van der Waals surface area contributed by atoms with Crippen LogP contribution in [0.2, 0.25) is 0 Å². The zero-order valence-electron chi connectivity index (χ0n) is 17.8. The van der Waals surface area contributed by atoms with E-state index in [1.165, 1.54) is 0 Å². The van der Waals surface area contributed by atoms with Gasteiger partial charge in [0.05, 0.1) is 17.7 Å². The molecule has 0 amide bonds. The summed E-state index contributed by atoms with van der Waals surface area (Å²) >= 11 is 0. The van der Waals surface area contributed by atoms with E-state index in [1.807, 2.05) is 49.8 Å². The number of fused-ring (bicyclic) bond motifs is 1. The highest BCUT2D eigenvalue weighted by molar-refractivity contribution is 6.03. The molecule has 1 aromatic heterocycles. The van der Waals surface area contributed by atoms with E-state index < -0.39 is 0 Å². The van der Waals surface area contributed by atoms with E-state index in [0.29, 0.717) is 18.0 Å². The maximum absolute atomic E-state index is 12.0. The third-order valence-electron chi connectivity index (χ3n) is 5.84. The highest BCUT2D eigenvalue weighted by Gasteiger charge is 2.17. The molecule has 1 aliphatic rings. The molecule has 1 aliphatic heterocycles. The Balaban J connectivity index is 1.71. The molecule has 2 heterocycles. The van der Waals surface area contributed by atoms with Crippen LogP contribution < -0.4 is 0 Å². The SMILES string of the molecule is C=Cc1cc(Cc2cc(C=O)c(N=CN(C)C3CCOCC3)c3ccccc23)ccn1. The first-order chi connectivity index (χ1) is 15.2. The minimum atomic E-state index is 0.411. The number of carbonyl (C=O) groups excluding carboxylic acids is 1. The molecule has 5 nitrogen and oxygen atoms in total. The average Bonchev–Trinajstić information content (AvgIpc) is 2.83. The summed E-state index contributed by atoms with van der Waals surface area (Å²) in [4.78, 5) is 23.2. The van der Waals surface area contributed by atoms with E-state index in [1.54, 1.807) is 12.3 Å². The van der Waals surface area contributed by atoms with Crippen molar-refractivity contribution in [2.45, 2.75) is 25.3 Å². The van der Waals surface area contributed by atoms with E-state index in [9.17, 15) is 4.79 Å². The molecule has 158 valence electrons. The summed E-state index contributed by atoms with van der Waals surface area (Å²) in [5.74, 6) is 0. The Bertz CT molecular complexity index is 1120. The van der Waals surface area contributed by atoms with Crippen LogP contribution in [0.15, 0.2) is 60.2 Å². The number of rotatable bonds is 7. The quantitative estimate of drug-likeness (QED) is 0.309. The Kier molecular flexibility index (Phi) is 6.53. The van der Waals surface area contributed by atoms with E-state index in [-0.39, 0.29) is 0 Å². The van der Waals surface area contributed by atoms with Crippen molar-refractivity contribution >= 4 is 35.2 Å². The number of hydrogen-bond acceptors (Lipinski definition) is 4. The van der Waals surface area contributed by atoms with Gasteiger partial charge in [-0.3, -0.25) is 9.78 Å². The summed E-state index contributed by atoms with van der Waals surface area (Å²) in [7, 11) is 2.04. The molecule has 1 saturated heterocycles. The van der Waals surface area contributed by atoms with Gasteiger partial charge in [-0.2, -0.15) is 0 Å². The zero-order chi connectivity index (χ0) is 21.6. The van der Waals surface area contributed by atoms with Crippen molar-refractivity contribution in [1.29, 1.82) is 0 Å². The molecule has 0 atom stereocenters. The van der Waals surface area contributed by atoms with E-state index in [0.717, 1.165) is 65.6 Å². The molecule has 0 unspecified atom stereocenters. The lowest BCUT2D eigenvalue weighted by Gasteiger charge is -2.29. The number of pyridine rings is 1. The van der Waals surface area contributed by atoms with Crippen molar-refractivity contribution in [3.05, 3.63) is 77.6 Å². The lowest BCUT2D eigenvalue weighted by atomic mass is 9.94. The fraction of sp³-hybridized carbons (Fsp3) is 0.269. The van der Waals surface area contributed by atoms with E-state index >= 15 is 0 Å². The number of ether oxygens (including phenoxy) is 1. The molecule has 4 rings (SSSR count). The predicted octanol–water partition coefficient (Wildman–Crippen LogP) is 5.05. The van der Waals surface area contributed by atoms with Crippen molar-refractivity contribution < 1.29 is 9.53 Å². The van der Waals surface area contributed by atoms with Gasteiger partial charge in [0.25, 0.3) is 0 Å². The molecule has 0 radical (unpaired) electrons. The van der Waals surface area contributed by atoms with Crippen molar-refractivity contribution in [3.63, 3.8) is 0 Å². The number of aromatic nitrogens is 1. The minimum Gasteiger partial charge on any atom is -0.381 e.